The molecule has 1 amide bonds. The molecular formula is C12H13NO4. The van der Waals surface area contributed by atoms with Gasteiger partial charge >= 0.3 is 5.97 Å². The number of aliphatic hydroxyl groups is 1. The van der Waals surface area contributed by atoms with E-state index in [9.17, 15) is 14.7 Å². The molecule has 0 aliphatic rings. The first-order chi connectivity index (χ1) is 8.09. The summed E-state index contributed by atoms with van der Waals surface area (Å²) >= 11 is 0. The summed E-state index contributed by atoms with van der Waals surface area (Å²) < 4.78 is 0. The van der Waals surface area contributed by atoms with Crippen LogP contribution in [0, 0.1) is 0 Å². The largest absolute Gasteiger partial charge is 0.478 e. The van der Waals surface area contributed by atoms with Crippen LogP contribution in [0.15, 0.2) is 42.5 Å². The summed E-state index contributed by atoms with van der Waals surface area (Å²) in [6.45, 7) is 0.0345. The molecule has 3 N–H and O–H groups in total. The average molecular weight is 235 g/mol. The number of aliphatic hydroxyl groups excluding tert-OH is 1. The van der Waals surface area contributed by atoms with Gasteiger partial charge in [-0.15, -0.1) is 0 Å². The molecule has 0 aromatic heterocycles. The van der Waals surface area contributed by atoms with Gasteiger partial charge in [-0.1, -0.05) is 30.3 Å². The molecule has 0 radical (unpaired) electrons. The zero-order chi connectivity index (χ0) is 12.7. The van der Waals surface area contributed by atoms with Crippen molar-refractivity contribution in [2.75, 3.05) is 6.54 Å². The third-order valence-corrected chi connectivity index (χ3v) is 2.03. The van der Waals surface area contributed by atoms with Crippen LogP contribution in [0.5, 0.6) is 0 Å². The Balaban J connectivity index is 2.41. The number of carboxylic acids is 1. The van der Waals surface area contributed by atoms with Crippen LogP contribution in [0.1, 0.15) is 11.7 Å². The number of aliphatic carboxylic acids is 1. The third-order valence-electron chi connectivity index (χ3n) is 2.03. The van der Waals surface area contributed by atoms with Gasteiger partial charge in [0.15, 0.2) is 0 Å². The molecule has 1 aromatic rings. The van der Waals surface area contributed by atoms with Crippen molar-refractivity contribution in [3.8, 4) is 0 Å². The predicted octanol–water partition coefficient (Wildman–Crippen LogP) is 0.477. The van der Waals surface area contributed by atoms with E-state index in [1.165, 1.54) is 0 Å². The lowest BCUT2D eigenvalue weighted by atomic mass is 10.1. The van der Waals surface area contributed by atoms with E-state index in [2.05, 4.69) is 5.32 Å². The summed E-state index contributed by atoms with van der Waals surface area (Å²) in [5, 5.41) is 20.4. The van der Waals surface area contributed by atoms with Gasteiger partial charge in [0, 0.05) is 18.7 Å². The molecule has 1 aromatic carbocycles. The molecule has 1 atom stereocenters. The number of carbonyl (C=O) groups is 2. The smallest absolute Gasteiger partial charge is 0.328 e. The van der Waals surface area contributed by atoms with Crippen LogP contribution < -0.4 is 5.32 Å². The van der Waals surface area contributed by atoms with Gasteiger partial charge in [0.2, 0.25) is 5.91 Å². The van der Waals surface area contributed by atoms with Crippen LogP contribution in [0.3, 0.4) is 0 Å². The van der Waals surface area contributed by atoms with E-state index in [0.717, 1.165) is 12.2 Å². The van der Waals surface area contributed by atoms with Crippen LogP contribution in [-0.2, 0) is 9.59 Å². The molecule has 0 aliphatic heterocycles. The second-order valence-electron chi connectivity index (χ2n) is 3.34. The number of hydrogen-bond donors (Lipinski definition) is 3. The van der Waals surface area contributed by atoms with Crippen molar-refractivity contribution in [2.24, 2.45) is 0 Å². The first kappa shape index (κ1) is 12.9. The number of hydrogen-bond acceptors (Lipinski definition) is 3. The number of carboxylic acid groups (broad SMARTS) is 1. The lowest BCUT2D eigenvalue weighted by molar-refractivity contribution is -0.131. The first-order valence-corrected chi connectivity index (χ1v) is 5.01. The third kappa shape index (κ3) is 4.94. The minimum Gasteiger partial charge on any atom is -0.478 e. The minimum absolute atomic E-state index is 0.0345. The van der Waals surface area contributed by atoms with E-state index in [-0.39, 0.29) is 6.54 Å². The SMILES string of the molecule is O=C(O)C=CC(=O)NCC(O)c1ccccc1. The van der Waals surface area contributed by atoms with Gasteiger partial charge in [-0.05, 0) is 5.56 Å². The highest BCUT2D eigenvalue weighted by molar-refractivity contribution is 5.93. The topological polar surface area (TPSA) is 86.6 Å². The Hall–Kier alpha value is -2.14. The highest BCUT2D eigenvalue weighted by Gasteiger charge is 2.07. The summed E-state index contributed by atoms with van der Waals surface area (Å²) in [6.07, 6.45) is 0.836. The van der Waals surface area contributed by atoms with Gasteiger partial charge in [0.05, 0.1) is 6.10 Å². The lowest BCUT2D eigenvalue weighted by Crippen LogP contribution is -2.26. The van der Waals surface area contributed by atoms with Crippen molar-refractivity contribution in [1.82, 2.24) is 5.32 Å². The monoisotopic (exact) mass is 235 g/mol. The maximum Gasteiger partial charge on any atom is 0.328 e. The van der Waals surface area contributed by atoms with Gasteiger partial charge in [-0.3, -0.25) is 4.79 Å². The predicted molar refractivity (Wildman–Crippen MR) is 61.2 cm³/mol. The molecule has 0 spiro atoms. The summed E-state index contributed by atoms with van der Waals surface area (Å²) in [4.78, 5) is 21.3. The van der Waals surface area contributed by atoms with Crippen LogP contribution >= 0.6 is 0 Å². The first-order valence-electron chi connectivity index (χ1n) is 5.01. The Labute approximate surface area is 98.4 Å². The Kier molecular flexibility index (Phi) is 4.90. The second kappa shape index (κ2) is 6.44. The van der Waals surface area contributed by atoms with Crippen molar-refractivity contribution < 1.29 is 19.8 Å². The van der Waals surface area contributed by atoms with Gasteiger partial charge in [0.25, 0.3) is 0 Å². The normalized spacial score (nSPS) is 12.3. The molecule has 1 rings (SSSR count). The summed E-state index contributed by atoms with van der Waals surface area (Å²) in [5.74, 6) is -1.74. The maximum atomic E-state index is 11.1. The fourth-order valence-electron chi connectivity index (χ4n) is 1.20. The molecular weight excluding hydrogens is 222 g/mol. The Morgan fingerprint density at radius 1 is 1.24 bits per heavy atom. The number of carbonyl (C=O) groups excluding carboxylic acids is 1. The number of rotatable bonds is 5. The molecule has 0 bridgehead atoms. The molecule has 5 heteroatoms. The van der Waals surface area contributed by atoms with Gasteiger partial charge in [-0.25, -0.2) is 4.79 Å². The number of amides is 1. The molecule has 5 nitrogen and oxygen atoms in total. The van der Waals surface area contributed by atoms with Crippen LogP contribution in [0.25, 0.3) is 0 Å². The van der Waals surface area contributed by atoms with E-state index >= 15 is 0 Å². The molecule has 0 heterocycles. The second-order valence-corrected chi connectivity index (χ2v) is 3.34. The lowest BCUT2D eigenvalue weighted by Gasteiger charge is -2.10. The molecule has 90 valence electrons. The zero-order valence-corrected chi connectivity index (χ0v) is 9.04. The summed E-state index contributed by atoms with van der Waals surface area (Å²) in [7, 11) is 0. The quantitative estimate of drug-likeness (QED) is 0.648. The van der Waals surface area contributed by atoms with Crippen molar-refractivity contribution in [2.45, 2.75) is 6.10 Å². The van der Waals surface area contributed by atoms with E-state index in [1.807, 2.05) is 6.07 Å². The molecule has 0 saturated carbocycles. The van der Waals surface area contributed by atoms with Crippen molar-refractivity contribution >= 4 is 11.9 Å². The zero-order valence-electron chi connectivity index (χ0n) is 9.04. The molecule has 0 saturated heterocycles. The Bertz CT molecular complexity index is 414. The van der Waals surface area contributed by atoms with Crippen molar-refractivity contribution in [3.63, 3.8) is 0 Å². The number of benzene rings is 1. The maximum absolute atomic E-state index is 11.1. The van der Waals surface area contributed by atoms with Crippen LogP contribution in [-0.4, -0.2) is 28.6 Å². The molecule has 0 aliphatic carbocycles. The number of nitrogens with one attached hydrogen (secondary N) is 1. The summed E-state index contributed by atoms with van der Waals surface area (Å²) in [6, 6.07) is 8.87. The molecule has 0 fully saturated rings. The standard InChI is InChI=1S/C12H13NO4/c14-10(9-4-2-1-3-5-9)8-13-11(15)6-7-12(16)17/h1-7,10,14H,8H2,(H,13,15)(H,16,17). The van der Waals surface area contributed by atoms with Gasteiger partial charge in [-0.2, -0.15) is 0 Å². The van der Waals surface area contributed by atoms with Crippen molar-refractivity contribution in [3.05, 3.63) is 48.0 Å². The fourth-order valence-corrected chi connectivity index (χ4v) is 1.20. The molecule has 17 heavy (non-hydrogen) atoms. The fraction of sp³-hybridized carbons (Fsp3) is 0.167. The Morgan fingerprint density at radius 2 is 1.88 bits per heavy atom. The van der Waals surface area contributed by atoms with E-state index in [0.29, 0.717) is 5.56 Å². The van der Waals surface area contributed by atoms with Gasteiger partial charge < -0.3 is 15.5 Å². The highest BCUT2D eigenvalue weighted by Crippen LogP contribution is 2.10. The van der Waals surface area contributed by atoms with E-state index in [1.54, 1.807) is 24.3 Å². The van der Waals surface area contributed by atoms with Gasteiger partial charge in [0.1, 0.15) is 0 Å². The Morgan fingerprint density at radius 3 is 2.47 bits per heavy atom. The van der Waals surface area contributed by atoms with Crippen LogP contribution in [0.2, 0.25) is 0 Å². The van der Waals surface area contributed by atoms with Crippen molar-refractivity contribution in [1.29, 1.82) is 0 Å². The van der Waals surface area contributed by atoms with E-state index < -0.39 is 18.0 Å². The molecule has 1 unspecified atom stereocenters. The average Bonchev–Trinajstić information content (AvgIpc) is 2.34. The minimum atomic E-state index is -1.19. The van der Waals surface area contributed by atoms with E-state index in [4.69, 9.17) is 5.11 Å². The highest BCUT2D eigenvalue weighted by atomic mass is 16.4. The summed E-state index contributed by atoms with van der Waals surface area (Å²) in [5.41, 5.74) is 0.690. The van der Waals surface area contributed by atoms with Crippen LogP contribution in [0.4, 0.5) is 0 Å².